The number of nitrogens with one attached hydrogen (secondary N) is 3. The van der Waals surface area contributed by atoms with Crippen LogP contribution in [0.1, 0.15) is 48.3 Å². The molecule has 0 fully saturated rings. The number of H-pyrrole nitrogens is 1. The largest absolute Gasteiger partial charge is 0.357 e. The summed E-state index contributed by atoms with van der Waals surface area (Å²) in [5.74, 6) is -0.803. The fraction of sp³-hybridized carbons (Fsp3) is 0.261. The van der Waals surface area contributed by atoms with Crippen LogP contribution in [0, 0.1) is 5.82 Å². The molecule has 1 aliphatic rings. The van der Waals surface area contributed by atoms with E-state index in [4.69, 9.17) is 0 Å². The molecule has 0 bridgehead atoms. The molecule has 2 amide bonds. The second-order valence-corrected chi connectivity index (χ2v) is 9.17. The summed E-state index contributed by atoms with van der Waals surface area (Å²) in [7, 11) is 0. The van der Waals surface area contributed by atoms with Crippen molar-refractivity contribution in [3.8, 4) is 11.3 Å². The van der Waals surface area contributed by atoms with Gasteiger partial charge in [-0.1, -0.05) is 12.1 Å². The summed E-state index contributed by atoms with van der Waals surface area (Å²) in [5, 5.41) is 5.82. The number of rotatable bonds is 4. The van der Waals surface area contributed by atoms with Gasteiger partial charge in [-0.15, -0.1) is 0 Å². The molecule has 0 spiro atoms. The van der Waals surface area contributed by atoms with E-state index in [1.807, 2.05) is 19.9 Å². The van der Waals surface area contributed by atoms with Gasteiger partial charge in [-0.3, -0.25) is 9.59 Å². The van der Waals surface area contributed by atoms with Gasteiger partial charge in [0, 0.05) is 29.4 Å². The van der Waals surface area contributed by atoms with E-state index in [2.05, 4.69) is 36.5 Å². The van der Waals surface area contributed by atoms with E-state index >= 15 is 0 Å². The van der Waals surface area contributed by atoms with Crippen LogP contribution in [-0.2, 0) is 11.2 Å². The van der Waals surface area contributed by atoms with Crippen LogP contribution in [-0.4, -0.2) is 27.3 Å². The Bertz CT molecular complexity index is 1170. The van der Waals surface area contributed by atoms with Crippen LogP contribution < -0.4 is 10.6 Å². The number of fused-ring (bicyclic) bond motifs is 1. The second-order valence-electron chi connectivity index (χ2n) is 8.37. The molecule has 0 radical (unpaired) electrons. The van der Waals surface area contributed by atoms with Crippen LogP contribution in [0.4, 0.5) is 10.2 Å². The van der Waals surface area contributed by atoms with Crippen LogP contribution in [0.15, 0.2) is 47.1 Å². The van der Waals surface area contributed by atoms with Crippen molar-refractivity contribution in [2.75, 3.05) is 5.32 Å². The minimum Gasteiger partial charge on any atom is -0.357 e. The molecule has 31 heavy (non-hydrogen) atoms. The molecule has 3 N–H and O–H groups in total. The zero-order valence-corrected chi connectivity index (χ0v) is 18.9. The smallest absolute Gasteiger partial charge is 0.254 e. The number of hydrogen-bond acceptors (Lipinski definition) is 3. The predicted molar refractivity (Wildman–Crippen MR) is 120 cm³/mol. The number of halogens is 2. The molecule has 2 aromatic heterocycles. The summed E-state index contributed by atoms with van der Waals surface area (Å²) in [4.78, 5) is 32.8. The Kier molecular flexibility index (Phi) is 5.43. The molecule has 3 aromatic rings. The van der Waals surface area contributed by atoms with Gasteiger partial charge in [-0.2, -0.15) is 0 Å². The number of nitrogens with zero attached hydrogens (tertiary/aromatic N) is 1. The first kappa shape index (κ1) is 21.2. The number of carbonyl (C=O) groups excluding carboxylic acids is 2. The van der Waals surface area contributed by atoms with E-state index in [0.29, 0.717) is 27.8 Å². The predicted octanol–water partition coefficient (Wildman–Crippen LogP) is 4.79. The lowest BCUT2D eigenvalue weighted by molar-refractivity contribution is -0.117. The van der Waals surface area contributed by atoms with E-state index in [9.17, 15) is 14.0 Å². The zero-order chi connectivity index (χ0) is 22.3. The van der Waals surface area contributed by atoms with Gasteiger partial charge < -0.3 is 15.6 Å². The number of pyridine rings is 1. The number of benzene rings is 1. The topological polar surface area (TPSA) is 86.9 Å². The first-order valence-electron chi connectivity index (χ1n) is 9.90. The minimum atomic E-state index is -0.471. The highest BCUT2D eigenvalue weighted by Gasteiger charge is 2.34. The molecule has 0 aliphatic carbocycles. The average molecular weight is 485 g/mol. The maximum atomic E-state index is 13.1. The molecule has 1 aromatic carbocycles. The van der Waals surface area contributed by atoms with Crippen molar-refractivity contribution >= 4 is 33.6 Å². The molecule has 0 saturated heterocycles. The molecule has 0 saturated carbocycles. The quantitative estimate of drug-likeness (QED) is 0.497. The molecule has 1 aliphatic heterocycles. The summed E-state index contributed by atoms with van der Waals surface area (Å²) in [5.41, 5.74) is 3.38. The van der Waals surface area contributed by atoms with E-state index < -0.39 is 5.92 Å². The van der Waals surface area contributed by atoms with Crippen LogP contribution in [0.2, 0.25) is 0 Å². The first-order chi connectivity index (χ1) is 14.6. The SMILES string of the molecule is CC(C(=O)Nc1cc(-c2[nH]c3c(c2Br)C(=O)NC(C)(C)C3)ccn1)c1ccc(F)cc1. The highest BCUT2D eigenvalue weighted by atomic mass is 79.9. The summed E-state index contributed by atoms with van der Waals surface area (Å²) in [6.45, 7) is 5.71. The fourth-order valence-corrected chi connectivity index (χ4v) is 4.49. The molecule has 3 heterocycles. The Morgan fingerprint density at radius 2 is 1.97 bits per heavy atom. The molecular weight excluding hydrogens is 463 g/mol. The summed E-state index contributed by atoms with van der Waals surface area (Å²) < 4.78 is 13.8. The number of amides is 2. The highest BCUT2D eigenvalue weighted by molar-refractivity contribution is 9.10. The highest BCUT2D eigenvalue weighted by Crippen LogP contribution is 2.37. The van der Waals surface area contributed by atoms with Crippen molar-refractivity contribution in [2.45, 2.75) is 38.6 Å². The summed E-state index contributed by atoms with van der Waals surface area (Å²) in [6.07, 6.45) is 2.28. The number of anilines is 1. The van der Waals surface area contributed by atoms with Crippen LogP contribution >= 0.6 is 15.9 Å². The zero-order valence-electron chi connectivity index (χ0n) is 17.3. The molecule has 1 atom stereocenters. The third kappa shape index (κ3) is 4.25. The van der Waals surface area contributed by atoms with Crippen molar-refractivity contribution in [3.05, 3.63) is 69.7 Å². The van der Waals surface area contributed by atoms with Gasteiger partial charge in [0.2, 0.25) is 5.91 Å². The lowest BCUT2D eigenvalue weighted by Gasteiger charge is -2.30. The van der Waals surface area contributed by atoms with E-state index in [-0.39, 0.29) is 23.2 Å². The average Bonchev–Trinajstić information content (AvgIpc) is 3.03. The third-order valence-corrected chi connectivity index (χ3v) is 6.17. The molecule has 160 valence electrons. The first-order valence-corrected chi connectivity index (χ1v) is 10.7. The van der Waals surface area contributed by atoms with E-state index in [1.54, 1.807) is 31.3 Å². The number of aromatic amines is 1. The normalized spacial score (nSPS) is 15.7. The van der Waals surface area contributed by atoms with Crippen molar-refractivity contribution in [1.29, 1.82) is 0 Å². The molecule has 1 unspecified atom stereocenters. The number of aromatic nitrogens is 2. The Morgan fingerprint density at radius 1 is 1.26 bits per heavy atom. The van der Waals surface area contributed by atoms with Crippen molar-refractivity contribution < 1.29 is 14.0 Å². The van der Waals surface area contributed by atoms with Crippen molar-refractivity contribution in [3.63, 3.8) is 0 Å². The lowest BCUT2D eigenvalue weighted by atomic mass is 9.92. The second kappa shape index (κ2) is 7.92. The Balaban J connectivity index is 1.59. The molecule has 8 heteroatoms. The Hall–Kier alpha value is -3.00. The van der Waals surface area contributed by atoms with Crippen LogP contribution in [0.5, 0.6) is 0 Å². The van der Waals surface area contributed by atoms with Gasteiger partial charge in [-0.25, -0.2) is 9.37 Å². The number of carbonyl (C=O) groups is 2. The summed E-state index contributed by atoms with van der Waals surface area (Å²) >= 11 is 3.56. The molecule has 4 rings (SSSR count). The fourth-order valence-electron chi connectivity index (χ4n) is 3.74. The van der Waals surface area contributed by atoms with Gasteiger partial charge in [0.05, 0.1) is 21.6 Å². The molecular formula is C23H22BrFN4O2. The Labute approximate surface area is 187 Å². The van der Waals surface area contributed by atoms with Crippen molar-refractivity contribution in [2.24, 2.45) is 0 Å². The van der Waals surface area contributed by atoms with Gasteiger partial charge >= 0.3 is 0 Å². The maximum Gasteiger partial charge on any atom is 0.254 e. The van der Waals surface area contributed by atoms with Gasteiger partial charge in [0.15, 0.2) is 0 Å². The summed E-state index contributed by atoms with van der Waals surface area (Å²) in [6, 6.07) is 9.41. The van der Waals surface area contributed by atoms with Crippen LogP contribution in [0.3, 0.4) is 0 Å². The van der Waals surface area contributed by atoms with E-state index in [1.165, 1.54) is 12.1 Å². The Morgan fingerprint density at radius 3 is 2.68 bits per heavy atom. The van der Waals surface area contributed by atoms with Gasteiger partial charge in [-0.05, 0) is 66.5 Å². The maximum absolute atomic E-state index is 13.1. The van der Waals surface area contributed by atoms with E-state index in [0.717, 1.165) is 17.0 Å². The van der Waals surface area contributed by atoms with Crippen molar-refractivity contribution in [1.82, 2.24) is 15.3 Å². The standard InChI is InChI=1S/C23H22BrFN4O2/c1-12(13-4-6-15(25)7-5-13)21(30)28-17-10-14(8-9-26-17)20-19(24)18-16(27-20)11-23(2,3)29-22(18)31/h4-10,12,27H,11H2,1-3H3,(H,29,31)(H,26,28,30). The minimum absolute atomic E-state index is 0.128. The monoisotopic (exact) mass is 484 g/mol. The van der Waals surface area contributed by atoms with Crippen LogP contribution in [0.25, 0.3) is 11.3 Å². The third-order valence-electron chi connectivity index (χ3n) is 5.38. The van der Waals surface area contributed by atoms with Gasteiger partial charge in [0.25, 0.3) is 5.91 Å². The van der Waals surface area contributed by atoms with Gasteiger partial charge in [0.1, 0.15) is 11.6 Å². The number of hydrogen-bond donors (Lipinski definition) is 3. The lowest BCUT2D eigenvalue weighted by Crippen LogP contribution is -2.49. The molecule has 6 nitrogen and oxygen atoms in total.